The molecule has 2 aromatic heterocycles. The van der Waals surface area contributed by atoms with Crippen LogP contribution in [0.4, 0.5) is 0 Å². The molecule has 1 aliphatic rings. The Bertz CT molecular complexity index is 870. The van der Waals surface area contributed by atoms with Crippen LogP contribution in [0.1, 0.15) is 16.5 Å². The summed E-state index contributed by atoms with van der Waals surface area (Å²) in [6.45, 7) is 0.701. The molecule has 4 rings (SSSR count). The van der Waals surface area contributed by atoms with E-state index >= 15 is 0 Å². The molecule has 0 saturated heterocycles. The Morgan fingerprint density at radius 2 is 2.23 bits per heavy atom. The molecule has 0 fully saturated rings. The van der Waals surface area contributed by atoms with Gasteiger partial charge in [0.05, 0.1) is 0 Å². The van der Waals surface area contributed by atoms with Gasteiger partial charge in [0.15, 0.2) is 11.5 Å². The zero-order valence-corrected chi connectivity index (χ0v) is 14.7. The van der Waals surface area contributed by atoms with E-state index in [0.717, 1.165) is 16.2 Å². The van der Waals surface area contributed by atoms with Crippen LogP contribution in [0, 0.1) is 0 Å². The Balaban J connectivity index is 1.39. The van der Waals surface area contributed by atoms with Crippen molar-refractivity contribution in [2.75, 3.05) is 13.3 Å². The second-order valence-electron chi connectivity index (χ2n) is 5.71. The van der Waals surface area contributed by atoms with E-state index in [1.54, 1.807) is 23.6 Å². The molecule has 1 aromatic carbocycles. The molecule has 6 nitrogen and oxygen atoms in total. The molecule has 0 unspecified atom stereocenters. The van der Waals surface area contributed by atoms with Gasteiger partial charge in [-0.1, -0.05) is 12.1 Å². The summed E-state index contributed by atoms with van der Waals surface area (Å²) in [5, 5.41) is 9.27. The van der Waals surface area contributed by atoms with E-state index in [1.807, 2.05) is 52.7 Å². The van der Waals surface area contributed by atoms with Gasteiger partial charge < -0.3 is 14.8 Å². The van der Waals surface area contributed by atoms with Gasteiger partial charge in [0, 0.05) is 29.9 Å². The number of aromatic nitrogens is 2. The molecule has 3 aromatic rings. The molecular formula is C19H17N3O3S. The number of carbonyl (C=O) groups is 1. The van der Waals surface area contributed by atoms with Gasteiger partial charge >= 0.3 is 0 Å². The molecule has 132 valence electrons. The molecule has 3 heterocycles. The van der Waals surface area contributed by atoms with Crippen molar-refractivity contribution in [3.63, 3.8) is 0 Å². The monoisotopic (exact) mass is 367 g/mol. The molecule has 26 heavy (non-hydrogen) atoms. The van der Waals surface area contributed by atoms with Crippen LogP contribution in [0.3, 0.4) is 0 Å². The van der Waals surface area contributed by atoms with E-state index in [2.05, 4.69) is 10.4 Å². The molecule has 1 atom stereocenters. The average molecular weight is 367 g/mol. The maximum Gasteiger partial charge on any atom is 0.244 e. The minimum absolute atomic E-state index is 0.0205. The number of amides is 1. The van der Waals surface area contributed by atoms with E-state index in [9.17, 15) is 4.79 Å². The van der Waals surface area contributed by atoms with Crippen LogP contribution in [0.25, 0.3) is 6.08 Å². The van der Waals surface area contributed by atoms with Gasteiger partial charge in [-0.05, 0) is 41.3 Å². The molecule has 0 aliphatic carbocycles. The lowest BCUT2D eigenvalue weighted by Gasteiger charge is -2.16. The van der Waals surface area contributed by atoms with Gasteiger partial charge in [-0.3, -0.25) is 9.48 Å². The average Bonchev–Trinajstić information content (AvgIpc) is 3.41. The standard InChI is InChI=1S/C19H17N3O3S/c23-19(7-5-14-4-6-16-17(11-14)25-13-24-16)20-12-15(18-3-1-10-26-18)22-9-2-8-21-22/h1-11,15H,12-13H2,(H,20,23)/b7-5+/t15-/m1/s1. The summed E-state index contributed by atoms with van der Waals surface area (Å²) in [7, 11) is 0. The first-order valence-corrected chi connectivity index (χ1v) is 9.06. The van der Waals surface area contributed by atoms with Gasteiger partial charge in [0.2, 0.25) is 12.7 Å². The lowest BCUT2D eigenvalue weighted by atomic mass is 10.2. The highest BCUT2D eigenvalue weighted by Gasteiger charge is 2.16. The summed E-state index contributed by atoms with van der Waals surface area (Å²) in [5.41, 5.74) is 0.881. The number of nitrogens with zero attached hydrogens (tertiary/aromatic N) is 2. The summed E-state index contributed by atoms with van der Waals surface area (Å²) < 4.78 is 12.5. The lowest BCUT2D eigenvalue weighted by Crippen LogP contribution is -2.30. The first kappa shape index (κ1) is 16.4. The number of hydrogen-bond acceptors (Lipinski definition) is 5. The Hall–Kier alpha value is -3.06. The van der Waals surface area contributed by atoms with E-state index in [1.165, 1.54) is 6.08 Å². The molecular weight excluding hydrogens is 350 g/mol. The third-order valence-electron chi connectivity index (χ3n) is 4.01. The normalized spacial score (nSPS) is 13.8. The second kappa shape index (κ2) is 7.45. The number of ether oxygens (including phenoxy) is 2. The number of fused-ring (bicyclic) bond motifs is 1. The van der Waals surface area contributed by atoms with Crippen molar-refractivity contribution in [1.82, 2.24) is 15.1 Å². The second-order valence-corrected chi connectivity index (χ2v) is 6.69. The molecule has 1 amide bonds. The highest BCUT2D eigenvalue weighted by atomic mass is 32.1. The van der Waals surface area contributed by atoms with Crippen LogP contribution in [0.5, 0.6) is 11.5 Å². The van der Waals surface area contributed by atoms with Gasteiger partial charge in [0.25, 0.3) is 0 Å². The number of carbonyl (C=O) groups excluding carboxylic acids is 1. The Morgan fingerprint density at radius 3 is 3.04 bits per heavy atom. The predicted molar refractivity (Wildman–Crippen MR) is 99.3 cm³/mol. The predicted octanol–water partition coefficient (Wildman–Crippen LogP) is 3.09. The van der Waals surface area contributed by atoms with Crippen LogP contribution in [0.2, 0.25) is 0 Å². The first-order chi connectivity index (χ1) is 12.8. The summed E-state index contributed by atoms with van der Waals surface area (Å²) in [6, 6.07) is 11.5. The minimum atomic E-state index is -0.156. The van der Waals surface area contributed by atoms with Crippen molar-refractivity contribution in [3.8, 4) is 11.5 Å². The van der Waals surface area contributed by atoms with Crippen LogP contribution >= 0.6 is 11.3 Å². The highest BCUT2D eigenvalue weighted by Crippen LogP contribution is 2.32. The van der Waals surface area contributed by atoms with Crippen LogP contribution < -0.4 is 14.8 Å². The number of thiophene rings is 1. The molecule has 0 spiro atoms. The van der Waals surface area contributed by atoms with Crippen molar-refractivity contribution in [1.29, 1.82) is 0 Å². The number of hydrogen-bond donors (Lipinski definition) is 1. The summed E-state index contributed by atoms with van der Waals surface area (Å²) in [5.74, 6) is 1.27. The molecule has 0 bridgehead atoms. The quantitative estimate of drug-likeness (QED) is 0.680. The number of rotatable bonds is 6. The van der Waals surface area contributed by atoms with Gasteiger partial charge in [-0.25, -0.2) is 0 Å². The van der Waals surface area contributed by atoms with Crippen LogP contribution in [-0.2, 0) is 4.79 Å². The van der Waals surface area contributed by atoms with Gasteiger partial charge in [0.1, 0.15) is 6.04 Å². The fourth-order valence-corrected chi connectivity index (χ4v) is 3.54. The maximum absolute atomic E-state index is 12.2. The number of benzene rings is 1. The Kier molecular flexibility index (Phi) is 4.70. The Labute approximate surface area is 154 Å². The molecule has 0 radical (unpaired) electrons. The topological polar surface area (TPSA) is 65.4 Å². The molecule has 1 N–H and O–H groups in total. The fraction of sp³-hybridized carbons (Fsp3) is 0.158. The zero-order valence-electron chi connectivity index (χ0n) is 13.9. The van der Waals surface area contributed by atoms with Crippen molar-refractivity contribution in [3.05, 3.63) is 70.7 Å². The van der Waals surface area contributed by atoms with E-state index in [4.69, 9.17) is 9.47 Å². The molecule has 1 aliphatic heterocycles. The highest BCUT2D eigenvalue weighted by molar-refractivity contribution is 7.10. The lowest BCUT2D eigenvalue weighted by molar-refractivity contribution is -0.116. The summed E-state index contributed by atoms with van der Waals surface area (Å²) in [4.78, 5) is 13.4. The largest absolute Gasteiger partial charge is 0.454 e. The molecule has 0 saturated carbocycles. The maximum atomic E-state index is 12.2. The molecule has 7 heteroatoms. The van der Waals surface area contributed by atoms with Gasteiger partial charge in [-0.15, -0.1) is 11.3 Å². The zero-order chi connectivity index (χ0) is 17.8. The van der Waals surface area contributed by atoms with Crippen molar-refractivity contribution >= 4 is 23.3 Å². The van der Waals surface area contributed by atoms with Crippen LogP contribution in [0.15, 0.2) is 60.2 Å². The summed E-state index contributed by atoms with van der Waals surface area (Å²) >= 11 is 1.65. The van der Waals surface area contributed by atoms with E-state index < -0.39 is 0 Å². The minimum Gasteiger partial charge on any atom is -0.454 e. The summed E-state index contributed by atoms with van der Waals surface area (Å²) in [6.07, 6.45) is 6.92. The van der Waals surface area contributed by atoms with Crippen LogP contribution in [-0.4, -0.2) is 29.0 Å². The van der Waals surface area contributed by atoms with Gasteiger partial charge in [-0.2, -0.15) is 5.10 Å². The fourth-order valence-electron chi connectivity index (χ4n) is 2.72. The van der Waals surface area contributed by atoms with E-state index in [-0.39, 0.29) is 18.7 Å². The SMILES string of the molecule is O=C(/C=C/c1ccc2c(c1)OCO2)NC[C@H](c1cccs1)n1cccn1. The third kappa shape index (κ3) is 3.62. The number of nitrogens with one attached hydrogen (secondary N) is 1. The third-order valence-corrected chi connectivity index (χ3v) is 4.98. The van der Waals surface area contributed by atoms with Crippen molar-refractivity contribution < 1.29 is 14.3 Å². The smallest absolute Gasteiger partial charge is 0.244 e. The van der Waals surface area contributed by atoms with Crippen molar-refractivity contribution in [2.24, 2.45) is 0 Å². The Morgan fingerprint density at radius 1 is 1.31 bits per heavy atom. The van der Waals surface area contributed by atoms with E-state index in [0.29, 0.717) is 12.3 Å². The first-order valence-electron chi connectivity index (χ1n) is 8.18. The van der Waals surface area contributed by atoms with Crippen molar-refractivity contribution in [2.45, 2.75) is 6.04 Å².